The molecule has 8 heteroatoms. The van der Waals surface area contributed by atoms with Gasteiger partial charge in [-0.25, -0.2) is 9.59 Å². The topological polar surface area (TPSA) is 97.0 Å². The van der Waals surface area contributed by atoms with Gasteiger partial charge in [0.1, 0.15) is 11.2 Å². The minimum absolute atomic E-state index is 0.141. The predicted octanol–water partition coefficient (Wildman–Crippen LogP) is 4.62. The Morgan fingerprint density at radius 1 is 0.867 bits per heavy atom. The number of carbonyl (C=O) groups is 3. The summed E-state index contributed by atoms with van der Waals surface area (Å²) in [6, 6.07) is 6.97. The molecule has 1 heterocycles. The first-order valence-electron chi connectivity index (χ1n) is 10.2. The van der Waals surface area contributed by atoms with Crippen LogP contribution in [0.4, 0.5) is 21.0 Å². The van der Waals surface area contributed by atoms with Crippen LogP contribution in [-0.4, -0.2) is 47.3 Å². The molecule has 1 aliphatic rings. The number of likely N-dealkylation sites (tertiary alicyclic amines) is 1. The Kier molecular flexibility index (Phi) is 7.34. The number of para-hydroxylation sites is 2. The molecule has 0 saturated carbocycles. The van der Waals surface area contributed by atoms with E-state index in [1.54, 1.807) is 49.9 Å². The monoisotopic (exact) mass is 419 g/mol. The Bertz CT molecular complexity index is 772. The van der Waals surface area contributed by atoms with Gasteiger partial charge >= 0.3 is 12.2 Å². The lowest BCUT2D eigenvalue weighted by atomic mass is 9.96. The molecule has 166 valence electrons. The second-order valence-electron chi connectivity index (χ2n) is 9.40. The summed E-state index contributed by atoms with van der Waals surface area (Å²) in [4.78, 5) is 38.6. The minimum Gasteiger partial charge on any atom is -0.444 e. The number of amides is 3. The average Bonchev–Trinajstić information content (AvgIpc) is 2.60. The molecule has 1 aromatic rings. The predicted molar refractivity (Wildman–Crippen MR) is 115 cm³/mol. The molecular weight excluding hydrogens is 386 g/mol. The number of piperidine rings is 1. The molecule has 0 radical (unpaired) electrons. The molecule has 0 aliphatic carbocycles. The van der Waals surface area contributed by atoms with Crippen LogP contribution in [0.5, 0.6) is 0 Å². The normalized spacial score (nSPS) is 15.3. The van der Waals surface area contributed by atoms with E-state index in [9.17, 15) is 14.4 Å². The second kappa shape index (κ2) is 9.36. The first-order chi connectivity index (χ1) is 13.8. The molecule has 0 bridgehead atoms. The number of carbonyl (C=O) groups excluding carboxylic acids is 3. The smallest absolute Gasteiger partial charge is 0.412 e. The van der Waals surface area contributed by atoms with E-state index in [1.165, 1.54) is 0 Å². The number of nitrogens with zero attached hydrogens (tertiary/aromatic N) is 1. The number of hydrogen-bond donors (Lipinski definition) is 2. The van der Waals surface area contributed by atoms with E-state index in [2.05, 4.69) is 10.6 Å². The van der Waals surface area contributed by atoms with Crippen molar-refractivity contribution < 1.29 is 23.9 Å². The summed E-state index contributed by atoms with van der Waals surface area (Å²) in [6.45, 7) is 11.8. The van der Waals surface area contributed by atoms with Gasteiger partial charge in [-0.2, -0.15) is 0 Å². The van der Waals surface area contributed by atoms with Crippen molar-refractivity contribution in [2.45, 2.75) is 65.6 Å². The maximum absolute atomic E-state index is 12.7. The number of anilines is 2. The number of benzene rings is 1. The van der Waals surface area contributed by atoms with Gasteiger partial charge in [0.05, 0.1) is 11.4 Å². The van der Waals surface area contributed by atoms with E-state index < -0.39 is 17.3 Å². The molecule has 30 heavy (non-hydrogen) atoms. The molecule has 1 aromatic carbocycles. The summed E-state index contributed by atoms with van der Waals surface area (Å²) >= 11 is 0. The second-order valence-corrected chi connectivity index (χ2v) is 9.40. The zero-order valence-corrected chi connectivity index (χ0v) is 18.7. The Morgan fingerprint density at radius 2 is 1.37 bits per heavy atom. The van der Waals surface area contributed by atoms with Crippen LogP contribution in [0.15, 0.2) is 24.3 Å². The fourth-order valence-electron chi connectivity index (χ4n) is 3.00. The third-order valence-corrected chi connectivity index (χ3v) is 4.34. The molecule has 1 aliphatic heterocycles. The van der Waals surface area contributed by atoms with Crippen LogP contribution < -0.4 is 10.6 Å². The molecule has 2 N–H and O–H groups in total. The van der Waals surface area contributed by atoms with Crippen molar-refractivity contribution in [1.82, 2.24) is 4.90 Å². The molecule has 0 unspecified atom stereocenters. The van der Waals surface area contributed by atoms with Gasteiger partial charge in [0.15, 0.2) is 0 Å². The number of ether oxygens (including phenoxy) is 2. The molecule has 0 aromatic heterocycles. The maximum Gasteiger partial charge on any atom is 0.412 e. The van der Waals surface area contributed by atoms with Gasteiger partial charge in [0.2, 0.25) is 5.91 Å². The van der Waals surface area contributed by atoms with Gasteiger partial charge in [0.25, 0.3) is 0 Å². The zero-order valence-electron chi connectivity index (χ0n) is 18.7. The quantitative estimate of drug-likeness (QED) is 0.745. The van der Waals surface area contributed by atoms with Crippen LogP contribution in [0.1, 0.15) is 54.4 Å². The van der Waals surface area contributed by atoms with Crippen molar-refractivity contribution in [3.05, 3.63) is 24.3 Å². The first-order valence-corrected chi connectivity index (χ1v) is 10.2. The first kappa shape index (κ1) is 23.5. The minimum atomic E-state index is -0.621. The van der Waals surface area contributed by atoms with Crippen LogP contribution in [0.2, 0.25) is 0 Å². The third kappa shape index (κ3) is 7.57. The van der Waals surface area contributed by atoms with E-state index in [0.29, 0.717) is 37.3 Å². The molecule has 2 rings (SSSR count). The Labute approximate surface area is 178 Å². The molecule has 8 nitrogen and oxygen atoms in total. The molecular formula is C22H33N3O5. The SMILES string of the molecule is CC(C)(C)OC(=O)Nc1ccccc1NC(=O)C1CCN(C(=O)OC(C)(C)C)CC1. The highest BCUT2D eigenvalue weighted by Gasteiger charge is 2.30. The van der Waals surface area contributed by atoms with Crippen molar-refractivity contribution in [3.8, 4) is 0 Å². The highest BCUT2D eigenvalue weighted by Crippen LogP contribution is 2.25. The largest absolute Gasteiger partial charge is 0.444 e. The average molecular weight is 420 g/mol. The van der Waals surface area contributed by atoms with Crippen LogP contribution in [0.3, 0.4) is 0 Å². The molecule has 3 amide bonds. The number of hydrogen-bond acceptors (Lipinski definition) is 5. The lowest BCUT2D eigenvalue weighted by Gasteiger charge is -2.33. The Hall–Kier alpha value is -2.77. The summed E-state index contributed by atoms with van der Waals surface area (Å²) in [5, 5.41) is 5.56. The summed E-state index contributed by atoms with van der Waals surface area (Å²) in [7, 11) is 0. The summed E-state index contributed by atoms with van der Waals surface area (Å²) in [5.41, 5.74) is -0.199. The van der Waals surface area contributed by atoms with Crippen LogP contribution >= 0.6 is 0 Å². The molecule has 1 saturated heterocycles. The van der Waals surface area contributed by atoms with E-state index >= 15 is 0 Å². The maximum atomic E-state index is 12.7. The summed E-state index contributed by atoms with van der Waals surface area (Å²) < 4.78 is 10.7. The lowest BCUT2D eigenvalue weighted by Crippen LogP contribution is -2.43. The van der Waals surface area contributed by atoms with Gasteiger partial charge in [-0.1, -0.05) is 12.1 Å². The van der Waals surface area contributed by atoms with Crippen molar-refractivity contribution in [2.75, 3.05) is 23.7 Å². The Balaban J connectivity index is 1.93. The standard InChI is InChI=1S/C22H33N3O5/c1-21(2,3)29-19(27)24-17-10-8-7-9-16(17)23-18(26)15-11-13-25(14-12-15)20(28)30-22(4,5)6/h7-10,15H,11-14H2,1-6H3,(H,23,26)(H,24,27). The van der Waals surface area contributed by atoms with E-state index in [4.69, 9.17) is 9.47 Å². The van der Waals surface area contributed by atoms with Crippen LogP contribution in [0, 0.1) is 5.92 Å². The zero-order chi connectivity index (χ0) is 22.5. The highest BCUT2D eigenvalue weighted by atomic mass is 16.6. The van der Waals surface area contributed by atoms with Crippen LogP contribution in [-0.2, 0) is 14.3 Å². The van der Waals surface area contributed by atoms with Gasteiger partial charge < -0.3 is 19.7 Å². The van der Waals surface area contributed by atoms with E-state index in [1.807, 2.05) is 20.8 Å². The summed E-state index contributed by atoms with van der Waals surface area (Å²) in [6.07, 6.45) is 0.155. The third-order valence-electron chi connectivity index (χ3n) is 4.34. The number of nitrogens with one attached hydrogen (secondary N) is 2. The van der Waals surface area contributed by atoms with Gasteiger partial charge in [0, 0.05) is 19.0 Å². The Morgan fingerprint density at radius 3 is 1.87 bits per heavy atom. The fourth-order valence-corrected chi connectivity index (χ4v) is 3.00. The van der Waals surface area contributed by atoms with Crippen LogP contribution in [0.25, 0.3) is 0 Å². The van der Waals surface area contributed by atoms with E-state index in [0.717, 1.165) is 0 Å². The van der Waals surface area contributed by atoms with Crippen molar-refractivity contribution >= 4 is 29.5 Å². The lowest BCUT2D eigenvalue weighted by molar-refractivity contribution is -0.121. The molecule has 0 spiro atoms. The van der Waals surface area contributed by atoms with Gasteiger partial charge in [-0.05, 0) is 66.5 Å². The van der Waals surface area contributed by atoms with Crippen molar-refractivity contribution in [3.63, 3.8) is 0 Å². The van der Waals surface area contributed by atoms with Crippen molar-refractivity contribution in [2.24, 2.45) is 5.92 Å². The van der Waals surface area contributed by atoms with Gasteiger partial charge in [-0.15, -0.1) is 0 Å². The fraction of sp³-hybridized carbons (Fsp3) is 0.591. The van der Waals surface area contributed by atoms with Crippen molar-refractivity contribution in [1.29, 1.82) is 0 Å². The highest BCUT2D eigenvalue weighted by molar-refractivity contribution is 5.98. The summed E-state index contributed by atoms with van der Waals surface area (Å²) in [5.74, 6) is -0.365. The van der Waals surface area contributed by atoms with E-state index in [-0.39, 0.29) is 17.9 Å². The number of rotatable bonds is 3. The van der Waals surface area contributed by atoms with Gasteiger partial charge in [-0.3, -0.25) is 10.1 Å². The molecule has 1 fully saturated rings. The molecule has 0 atom stereocenters.